The van der Waals surface area contributed by atoms with Gasteiger partial charge in [-0.15, -0.1) is 0 Å². The first-order chi connectivity index (χ1) is 11.6. The van der Waals surface area contributed by atoms with E-state index in [-0.39, 0.29) is 18.4 Å². The van der Waals surface area contributed by atoms with Crippen LogP contribution < -0.4 is 9.64 Å². The molecule has 1 aromatic carbocycles. The number of fused-ring (bicyclic) bond motifs is 1. The van der Waals surface area contributed by atoms with Crippen LogP contribution in [0.1, 0.15) is 44.1 Å². The van der Waals surface area contributed by atoms with Gasteiger partial charge in [-0.2, -0.15) is 0 Å². The molecule has 24 heavy (non-hydrogen) atoms. The number of aryl methyl sites for hydroxylation is 1. The molecular formula is C19H26N2O3. The fourth-order valence-electron chi connectivity index (χ4n) is 3.42. The fourth-order valence-corrected chi connectivity index (χ4v) is 3.42. The van der Waals surface area contributed by atoms with Gasteiger partial charge < -0.3 is 14.5 Å². The van der Waals surface area contributed by atoms with Crippen LogP contribution in [0.4, 0.5) is 5.69 Å². The molecule has 0 atom stereocenters. The number of rotatable bonds is 4. The lowest BCUT2D eigenvalue weighted by molar-refractivity contribution is -0.131. The van der Waals surface area contributed by atoms with Gasteiger partial charge >= 0.3 is 0 Å². The van der Waals surface area contributed by atoms with E-state index in [0.29, 0.717) is 19.4 Å². The van der Waals surface area contributed by atoms with Crippen molar-refractivity contribution in [2.24, 2.45) is 0 Å². The molecule has 0 aromatic heterocycles. The highest BCUT2D eigenvalue weighted by Crippen LogP contribution is 2.33. The van der Waals surface area contributed by atoms with Crippen LogP contribution in [0.15, 0.2) is 18.2 Å². The number of nitrogens with zero attached hydrogens (tertiary/aromatic N) is 2. The number of hydrogen-bond acceptors (Lipinski definition) is 3. The van der Waals surface area contributed by atoms with Crippen molar-refractivity contribution in [3.05, 3.63) is 23.8 Å². The van der Waals surface area contributed by atoms with E-state index in [1.54, 1.807) is 4.90 Å². The Morgan fingerprint density at radius 2 is 1.92 bits per heavy atom. The third kappa shape index (κ3) is 3.89. The molecule has 5 heteroatoms. The van der Waals surface area contributed by atoms with E-state index in [1.807, 2.05) is 30.0 Å². The predicted molar refractivity (Wildman–Crippen MR) is 93.3 cm³/mol. The summed E-state index contributed by atoms with van der Waals surface area (Å²) in [6.07, 6.45) is 5.87. The summed E-state index contributed by atoms with van der Waals surface area (Å²) < 4.78 is 5.49. The second-order valence-electron chi connectivity index (χ2n) is 6.70. The van der Waals surface area contributed by atoms with Gasteiger partial charge in [-0.05, 0) is 43.9 Å². The standard InChI is InChI=1S/C19H26N2O3/c1-15-8-9-17-16(13-15)21(19(23)14-24-17)12-6-7-18(22)20-10-4-2-3-5-11-20/h8-9,13H,2-7,10-12,14H2,1H3. The fraction of sp³-hybridized carbons (Fsp3) is 0.579. The maximum atomic E-state index is 12.4. The van der Waals surface area contributed by atoms with Crippen molar-refractivity contribution in [3.63, 3.8) is 0 Å². The molecule has 0 bridgehead atoms. The highest BCUT2D eigenvalue weighted by molar-refractivity contribution is 5.98. The number of ether oxygens (including phenoxy) is 1. The van der Waals surface area contributed by atoms with E-state index in [4.69, 9.17) is 4.74 Å². The SMILES string of the molecule is Cc1ccc2c(c1)N(CCCC(=O)N1CCCCCC1)C(=O)CO2. The minimum absolute atomic E-state index is 0.0321. The molecule has 2 heterocycles. The number of likely N-dealkylation sites (tertiary alicyclic amines) is 1. The summed E-state index contributed by atoms with van der Waals surface area (Å²) in [5.74, 6) is 0.941. The Morgan fingerprint density at radius 1 is 1.17 bits per heavy atom. The molecule has 0 saturated carbocycles. The average Bonchev–Trinajstić information content (AvgIpc) is 2.86. The van der Waals surface area contributed by atoms with Crippen molar-refractivity contribution >= 4 is 17.5 Å². The highest BCUT2D eigenvalue weighted by Gasteiger charge is 2.25. The summed E-state index contributed by atoms with van der Waals surface area (Å²) in [5, 5.41) is 0. The summed E-state index contributed by atoms with van der Waals surface area (Å²) in [7, 11) is 0. The van der Waals surface area contributed by atoms with Gasteiger partial charge in [0.25, 0.3) is 5.91 Å². The first-order valence-corrected chi connectivity index (χ1v) is 8.97. The number of amides is 2. The summed E-state index contributed by atoms with van der Waals surface area (Å²) >= 11 is 0. The Kier molecular flexibility index (Phi) is 5.38. The van der Waals surface area contributed by atoms with Gasteiger partial charge in [0.1, 0.15) is 5.75 Å². The van der Waals surface area contributed by atoms with Gasteiger partial charge in [0.2, 0.25) is 5.91 Å². The summed E-state index contributed by atoms with van der Waals surface area (Å²) in [6, 6.07) is 5.87. The van der Waals surface area contributed by atoms with E-state index >= 15 is 0 Å². The van der Waals surface area contributed by atoms with Crippen molar-refractivity contribution in [1.29, 1.82) is 0 Å². The van der Waals surface area contributed by atoms with Gasteiger partial charge in [0.15, 0.2) is 6.61 Å². The van der Waals surface area contributed by atoms with Gasteiger partial charge in [0, 0.05) is 26.1 Å². The Labute approximate surface area is 143 Å². The van der Waals surface area contributed by atoms with E-state index < -0.39 is 0 Å². The summed E-state index contributed by atoms with van der Waals surface area (Å²) in [5.41, 5.74) is 1.92. The Hall–Kier alpha value is -2.04. The lowest BCUT2D eigenvalue weighted by Gasteiger charge is -2.30. The van der Waals surface area contributed by atoms with Crippen molar-refractivity contribution in [1.82, 2.24) is 4.90 Å². The zero-order valence-electron chi connectivity index (χ0n) is 14.4. The van der Waals surface area contributed by atoms with Crippen molar-refractivity contribution in [2.45, 2.75) is 45.4 Å². The second kappa shape index (κ2) is 7.69. The number of benzene rings is 1. The van der Waals surface area contributed by atoms with Gasteiger partial charge in [-0.3, -0.25) is 9.59 Å². The third-order valence-corrected chi connectivity index (χ3v) is 4.79. The Morgan fingerprint density at radius 3 is 2.67 bits per heavy atom. The first-order valence-electron chi connectivity index (χ1n) is 8.97. The van der Waals surface area contributed by atoms with Crippen LogP contribution in [-0.4, -0.2) is 43.0 Å². The quantitative estimate of drug-likeness (QED) is 0.853. The van der Waals surface area contributed by atoms with E-state index in [0.717, 1.165) is 42.9 Å². The molecule has 1 aromatic rings. The third-order valence-electron chi connectivity index (χ3n) is 4.79. The smallest absolute Gasteiger partial charge is 0.265 e. The van der Waals surface area contributed by atoms with E-state index in [9.17, 15) is 9.59 Å². The molecular weight excluding hydrogens is 304 g/mol. The molecule has 2 aliphatic rings. The van der Waals surface area contributed by atoms with Crippen molar-refractivity contribution in [3.8, 4) is 5.75 Å². The molecule has 1 fully saturated rings. The van der Waals surface area contributed by atoms with Crippen molar-refractivity contribution < 1.29 is 14.3 Å². The second-order valence-corrected chi connectivity index (χ2v) is 6.70. The Bertz CT molecular complexity index is 607. The zero-order chi connectivity index (χ0) is 16.9. The van der Waals surface area contributed by atoms with E-state index in [2.05, 4.69) is 0 Å². The van der Waals surface area contributed by atoms with Crippen LogP contribution in [0.3, 0.4) is 0 Å². The lowest BCUT2D eigenvalue weighted by Crippen LogP contribution is -2.40. The molecule has 2 aliphatic heterocycles. The number of anilines is 1. The minimum atomic E-state index is -0.0321. The van der Waals surface area contributed by atoms with E-state index in [1.165, 1.54) is 12.8 Å². The van der Waals surface area contributed by atoms with Crippen LogP contribution in [0.25, 0.3) is 0 Å². The Balaban J connectivity index is 1.57. The number of hydrogen-bond donors (Lipinski definition) is 0. The maximum absolute atomic E-state index is 12.4. The normalized spacial score (nSPS) is 18.0. The van der Waals surface area contributed by atoms with Crippen LogP contribution in [0.5, 0.6) is 5.75 Å². The average molecular weight is 330 g/mol. The molecule has 130 valence electrons. The topological polar surface area (TPSA) is 49.9 Å². The first kappa shape index (κ1) is 16.8. The number of carbonyl (C=O) groups excluding carboxylic acids is 2. The number of carbonyl (C=O) groups is 2. The summed E-state index contributed by atoms with van der Waals surface area (Å²) in [4.78, 5) is 28.3. The van der Waals surface area contributed by atoms with Crippen LogP contribution >= 0.6 is 0 Å². The zero-order valence-corrected chi connectivity index (χ0v) is 14.4. The lowest BCUT2D eigenvalue weighted by atomic mass is 10.1. The van der Waals surface area contributed by atoms with Crippen LogP contribution in [0, 0.1) is 6.92 Å². The molecule has 0 radical (unpaired) electrons. The molecule has 0 aliphatic carbocycles. The monoisotopic (exact) mass is 330 g/mol. The molecule has 0 spiro atoms. The molecule has 1 saturated heterocycles. The minimum Gasteiger partial charge on any atom is -0.482 e. The van der Waals surface area contributed by atoms with Gasteiger partial charge in [-0.1, -0.05) is 18.9 Å². The molecule has 0 N–H and O–H groups in total. The van der Waals surface area contributed by atoms with Crippen LogP contribution in [0.2, 0.25) is 0 Å². The maximum Gasteiger partial charge on any atom is 0.265 e. The predicted octanol–water partition coefficient (Wildman–Crippen LogP) is 2.90. The molecule has 2 amide bonds. The highest BCUT2D eigenvalue weighted by atomic mass is 16.5. The van der Waals surface area contributed by atoms with Crippen molar-refractivity contribution in [2.75, 3.05) is 31.1 Å². The molecule has 3 rings (SSSR count). The van der Waals surface area contributed by atoms with Gasteiger partial charge in [0.05, 0.1) is 5.69 Å². The van der Waals surface area contributed by atoms with Gasteiger partial charge in [-0.25, -0.2) is 0 Å². The largest absolute Gasteiger partial charge is 0.482 e. The summed E-state index contributed by atoms with van der Waals surface area (Å²) in [6.45, 7) is 4.42. The molecule has 0 unspecified atom stereocenters. The van der Waals surface area contributed by atoms with Crippen LogP contribution in [-0.2, 0) is 9.59 Å². The molecule has 5 nitrogen and oxygen atoms in total.